The average molecular weight is 475 g/mol. The fourth-order valence-electron chi connectivity index (χ4n) is 3.76. The molecule has 3 aromatic rings. The molecule has 2 N–H and O–H groups in total. The van der Waals surface area contributed by atoms with E-state index in [9.17, 15) is 17.6 Å². The van der Waals surface area contributed by atoms with E-state index < -0.39 is 21.7 Å². The van der Waals surface area contributed by atoms with Crippen molar-refractivity contribution in [1.29, 1.82) is 0 Å². The molecule has 1 fully saturated rings. The number of sulfonamides is 1. The smallest absolute Gasteiger partial charge is 0.255 e. The van der Waals surface area contributed by atoms with Crippen molar-refractivity contribution in [3.8, 4) is 11.4 Å². The van der Waals surface area contributed by atoms with Gasteiger partial charge in [0.1, 0.15) is 16.5 Å². The van der Waals surface area contributed by atoms with Gasteiger partial charge in [0.05, 0.1) is 18.5 Å². The zero-order valence-electron chi connectivity index (χ0n) is 18.1. The number of hydrogen-bond donors (Lipinski definition) is 2. The lowest BCUT2D eigenvalue weighted by molar-refractivity contribution is 0.102. The van der Waals surface area contributed by atoms with Gasteiger partial charge >= 0.3 is 0 Å². The summed E-state index contributed by atoms with van der Waals surface area (Å²) >= 11 is 0. The molecule has 0 bridgehead atoms. The Morgan fingerprint density at radius 2 is 1.94 bits per heavy atom. The van der Waals surface area contributed by atoms with Crippen LogP contribution < -0.4 is 14.8 Å². The van der Waals surface area contributed by atoms with Crippen molar-refractivity contribution >= 4 is 21.6 Å². The van der Waals surface area contributed by atoms with Gasteiger partial charge in [-0.1, -0.05) is 12.8 Å². The van der Waals surface area contributed by atoms with E-state index in [1.807, 2.05) is 0 Å². The van der Waals surface area contributed by atoms with Crippen LogP contribution in [0.4, 0.5) is 10.1 Å². The van der Waals surface area contributed by atoms with E-state index in [1.54, 1.807) is 6.92 Å². The molecule has 4 rings (SSSR count). The Morgan fingerprint density at radius 1 is 1.18 bits per heavy atom. The predicted molar refractivity (Wildman–Crippen MR) is 117 cm³/mol. The summed E-state index contributed by atoms with van der Waals surface area (Å²) in [6.07, 6.45) is 3.44. The molecule has 0 atom stereocenters. The molecule has 1 aromatic heterocycles. The second-order valence-corrected chi connectivity index (χ2v) is 9.41. The molecule has 0 unspecified atom stereocenters. The number of halogens is 1. The lowest BCUT2D eigenvalue weighted by Gasteiger charge is -2.16. The highest BCUT2D eigenvalue weighted by Gasteiger charge is 2.27. The zero-order valence-corrected chi connectivity index (χ0v) is 18.9. The maximum Gasteiger partial charge on any atom is 0.255 e. The highest BCUT2D eigenvalue weighted by Crippen LogP contribution is 2.28. The van der Waals surface area contributed by atoms with Gasteiger partial charge in [0.15, 0.2) is 5.82 Å². The molecule has 12 heteroatoms. The maximum absolute atomic E-state index is 14.4. The molecule has 1 saturated carbocycles. The van der Waals surface area contributed by atoms with Crippen LogP contribution in [-0.4, -0.2) is 47.7 Å². The van der Waals surface area contributed by atoms with Gasteiger partial charge in [0.2, 0.25) is 10.0 Å². The number of nitrogens with one attached hydrogen (secondary N) is 2. The lowest BCUT2D eigenvalue weighted by atomic mass is 10.2. The molecule has 174 valence electrons. The van der Waals surface area contributed by atoms with E-state index in [1.165, 1.54) is 48.2 Å². The summed E-state index contributed by atoms with van der Waals surface area (Å²) in [4.78, 5) is 12.7. The van der Waals surface area contributed by atoms with Gasteiger partial charge in [-0.05, 0) is 66.6 Å². The molecule has 2 aromatic carbocycles. The first-order chi connectivity index (χ1) is 15.8. The van der Waals surface area contributed by atoms with Gasteiger partial charge in [-0.25, -0.2) is 17.5 Å². The molecule has 0 saturated heterocycles. The van der Waals surface area contributed by atoms with Gasteiger partial charge < -0.3 is 10.1 Å². The van der Waals surface area contributed by atoms with E-state index in [0.29, 0.717) is 11.5 Å². The summed E-state index contributed by atoms with van der Waals surface area (Å²) in [7, 11) is -2.57. The highest BCUT2D eigenvalue weighted by atomic mass is 32.2. The zero-order chi connectivity index (χ0) is 23.6. The van der Waals surface area contributed by atoms with Gasteiger partial charge in [0.25, 0.3) is 5.91 Å². The third kappa shape index (κ3) is 4.86. The van der Waals surface area contributed by atoms with Crippen LogP contribution in [-0.2, 0) is 10.0 Å². The Bertz CT molecular complexity index is 1290. The quantitative estimate of drug-likeness (QED) is 0.539. The minimum Gasteiger partial charge on any atom is -0.495 e. The molecular weight excluding hydrogens is 451 g/mol. The molecule has 1 heterocycles. The number of nitrogens with zero attached hydrogens (tertiary/aromatic N) is 4. The molecule has 0 aliphatic heterocycles. The van der Waals surface area contributed by atoms with Crippen molar-refractivity contribution in [2.45, 2.75) is 43.5 Å². The molecule has 33 heavy (non-hydrogen) atoms. The number of anilines is 1. The number of aromatic nitrogens is 4. The van der Waals surface area contributed by atoms with Crippen LogP contribution in [0.5, 0.6) is 5.75 Å². The predicted octanol–water partition coefficient (Wildman–Crippen LogP) is 2.59. The molecule has 1 amide bonds. The van der Waals surface area contributed by atoms with E-state index in [4.69, 9.17) is 4.74 Å². The third-order valence-corrected chi connectivity index (χ3v) is 7.00. The summed E-state index contributed by atoms with van der Waals surface area (Å²) in [6.45, 7) is 1.68. The summed E-state index contributed by atoms with van der Waals surface area (Å²) < 4.78 is 49.6. The Kier molecular flexibility index (Phi) is 6.38. The number of carbonyl (C=O) groups is 1. The monoisotopic (exact) mass is 474 g/mol. The summed E-state index contributed by atoms with van der Waals surface area (Å²) in [5.41, 5.74) is 0.385. The maximum atomic E-state index is 14.4. The Balaban J connectivity index is 1.61. The number of hydrogen-bond acceptors (Lipinski definition) is 7. The van der Waals surface area contributed by atoms with Crippen LogP contribution in [0.15, 0.2) is 41.3 Å². The van der Waals surface area contributed by atoms with E-state index >= 15 is 0 Å². The number of aryl methyl sites for hydroxylation is 1. The van der Waals surface area contributed by atoms with Crippen LogP contribution >= 0.6 is 0 Å². The Morgan fingerprint density at radius 3 is 2.61 bits per heavy atom. The second kappa shape index (κ2) is 9.24. The van der Waals surface area contributed by atoms with Crippen molar-refractivity contribution < 1.29 is 22.3 Å². The third-order valence-electron chi connectivity index (χ3n) is 5.46. The van der Waals surface area contributed by atoms with Crippen LogP contribution in [0.2, 0.25) is 0 Å². The molecule has 10 nitrogen and oxygen atoms in total. The molecular formula is C21H23FN6O4S. The van der Waals surface area contributed by atoms with Crippen LogP contribution in [0.25, 0.3) is 5.69 Å². The van der Waals surface area contributed by atoms with Crippen LogP contribution in [0.3, 0.4) is 0 Å². The van der Waals surface area contributed by atoms with Crippen molar-refractivity contribution in [2.24, 2.45) is 0 Å². The van der Waals surface area contributed by atoms with Crippen molar-refractivity contribution in [2.75, 3.05) is 12.4 Å². The standard InChI is InChI=1S/C21H23FN6O4S/c1-13-24-26-27-28(13)16-8-9-17(22)18(12-16)23-21(29)14-7-10-19(32-2)20(11-14)33(30,31)25-15-5-3-4-6-15/h7-12,15,25H,3-6H2,1-2H3,(H,23,29). The van der Waals surface area contributed by atoms with Gasteiger partial charge in [-0.3, -0.25) is 4.79 Å². The molecule has 0 spiro atoms. The first kappa shape index (κ1) is 22.8. The van der Waals surface area contributed by atoms with E-state index in [-0.39, 0.29) is 27.9 Å². The number of benzene rings is 2. The summed E-state index contributed by atoms with van der Waals surface area (Å²) in [6, 6.07) is 7.93. The number of tetrazole rings is 1. The Hall–Kier alpha value is -3.38. The molecule has 0 radical (unpaired) electrons. The van der Waals surface area contributed by atoms with Crippen LogP contribution in [0, 0.1) is 12.7 Å². The average Bonchev–Trinajstić information content (AvgIpc) is 3.46. The minimum atomic E-state index is -3.92. The second-order valence-electron chi connectivity index (χ2n) is 7.72. The van der Waals surface area contributed by atoms with E-state index in [2.05, 4.69) is 25.6 Å². The van der Waals surface area contributed by atoms with Gasteiger partial charge in [-0.15, -0.1) is 5.10 Å². The summed E-state index contributed by atoms with van der Waals surface area (Å²) in [5.74, 6) is -0.750. The Labute approximate surface area is 190 Å². The van der Waals surface area contributed by atoms with Gasteiger partial charge in [0, 0.05) is 11.6 Å². The number of amides is 1. The first-order valence-corrected chi connectivity index (χ1v) is 11.8. The van der Waals surface area contributed by atoms with Crippen molar-refractivity contribution in [3.05, 3.63) is 53.6 Å². The lowest BCUT2D eigenvalue weighted by Crippen LogP contribution is -2.33. The summed E-state index contributed by atoms with van der Waals surface area (Å²) in [5, 5.41) is 13.6. The van der Waals surface area contributed by atoms with Crippen LogP contribution in [0.1, 0.15) is 41.9 Å². The van der Waals surface area contributed by atoms with Crippen molar-refractivity contribution in [1.82, 2.24) is 24.9 Å². The normalized spacial score (nSPS) is 14.4. The number of methoxy groups -OCH3 is 1. The number of rotatable bonds is 7. The minimum absolute atomic E-state index is 0.0333. The van der Waals surface area contributed by atoms with E-state index in [0.717, 1.165) is 25.7 Å². The number of ether oxygens (including phenoxy) is 1. The largest absolute Gasteiger partial charge is 0.495 e. The van der Waals surface area contributed by atoms with Crippen molar-refractivity contribution in [3.63, 3.8) is 0 Å². The molecule has 1 aliphatic rings. The fraction of sp³-hybridized carbons (Fsp3) is 0.333. The van der Waals surface area contributed by atoms with Gasteiger partial charge in [-0.2, -0.15) is 4.68 Å². The molecule has 1 aliphatic carbocycles. The highest BCUT2D eigenvalue weighted by molar-refractivity contribution is 7.89. The topological polar surface area (TPSA) is 128 Å². The fourth-order valence-corrected chi connectivity index (χ4v) is 5.26. The SMILES string of the molecule is COc1ccc(C(=O)Nc2cc(-n3nnnc3C)ccc2F)cc1S(=O)(=O)NC1CCCC1. The first-order valence-electron chi connectivity index (χ1n) is 10.3. The number of carbonyl (C=O) groups excluding carboxylic acids is 1.